The van der Waals surface area contributed by atoms with Crippen molar-refractivity contribution in [2.24, 2.45) is 0 Å². The van der Waals surface area contributed by atoms with Gasteiger partial charge in [-0.15, -0.1) is 0 Å². The van der Waals surface area contributed by atoms with Crippen molar-refractivity contribution in [2.45, 2.75) is 95.9 Å². The van der Waals surface area contributed by atoms with Crippen LogP contribution in [0.25, 0.3) is 0 Å². The number of rotatable bonds is 2. The summed E-state index contributed by atoms with van der Waals surface area (Å²) < 4.78 is 2.36. The van der Waals surface area contributed by atoms with Crippen LogP contribution in [-0.4, -0.2) is 9.55 Å². The third kappa shape index (κ3) is 2.84. The quantitative estimate of drug-likeness (QED) is 0.839. The van der Waals surface area contributed by atoms with Crippen LogP contribution in [0, 0.1) is 0 Å². The third-order valence-corrected chi connectivity index (χ3v) is 5.35. The highest BCUT2D eigenvalue weighted by molar-refractivity contribution is 5.43. The maximum absolute atomic E-state index is 6.58. The van der Waals surface area contributed by atoms with Gasteiger partial charge in [-0.1, -0.05) is 32.1 Å². The lowest BCUT2D eigenvalue weighted by molar-refractivity contribution is 0.349. The fraction of sp³-hybridized carbons (Fsp3) is 0.833. The van der Waals surface area contributed by atoms with Crippen molar-refractivity contribution in [1.29, 1.82) is 0 Å². The number of nitrogen functional groups attached to an aromatic ring is 1. The number of nitrogens with zero attached hydrogens (tertiary/aromatic N) is 2. The highest BCUT2D eigenvalue weighted by Crippen LogP contribution is 2.42. The van der Waals surface area contributed by atoms with Crippen LogP contribution in [0.15, 0.2) is 0 Å². The Labute approximate surface area is 129 Å². The van der Waals surface area contributed by atoms with Crippen LogP contribution < -0.4 is 5.73 Å². The van der Waals surface area contributed by atoms with E-state index < -0.39 is 0 Å². The van der Waals surface area contributed by atoms with Gasteiger partial charge in [0.05, 0.1) is 5.69 Å². The molecule has 21 heavy (non-hydrogen) atoms. The fourth-order valence-electron chi connectivity index (χ4n) is 4.31. The lowest BCUT2D eigenvalue weighted by Crippen LogP contribution is -2.27. The van der Waals surface area contributed by atoms with Gasteiger partial charge in [0.2, 0.25) is 0 Å². The van der Waals surface area contributed by atoms with Gasteiger partial charge in [0.1, 0.15) is 11.6 Å². The van der Waals surface area contributed by atoms with E-state index in [1.165, 1.54) is 69.3 Å². The predicted molar refractivity (Wildman–Crippen MR) is 88.7 cm³/mol. The molecular formula is C18H31N3. The SMILES string of the molecule is CC(C)(C)n1c(C2CCCCC2)nc(C2CCCC2)c1N. The molecule has 2 aliphatic carbocycles. The Morgan fingerprint density at radius 1 is 0.905 bits per heavy atom. The van der Waals surface area contributed by atoms with Gasteiger partial charge >= 0.3 is 0 Å². The molecule has 0 bridgehead atoms. The zero-order valence-electron chi connectivity index (χ0n) is 14.0. The highest BCUT2D eigenvalue weighted by Gasteiger charge is 2.32. The van der Waals surface area contributed by atoms with E-state index >= 15 is 0 Å². The minimum atomic E-state index is 0.0285. The number of anilines is 1. The number of imidazole rings is 1. The second kappa shape index (κ2) is 5.66. The molecule has 3 nitrogen and oxygen atoms in total. The number of nitrogens with two attached hydrogens (primary N) is 1. The molecule has 0 radical (unpaired) electrons. The Morgan fingerprint density at radius 2 is 1.43 bits per heavy atom. The maximum Gasteiger partial charge on any atom is 0.127 e. The first kappa shape index (κ1) is 14.9. The third-order valence-electron chi connectivity index (χ3n) is 5.35. The molecule has 1 aromatic heterocycles. The molecule has 0 saturated heterocycles. The lowest BCUT2D eigenvalue weighted by atomic mass is 9.88. The second-order valence-corrected chi connectivity index (χ2v) is 8.06. The molecule has 2 aliphatic rings. The molecule has 2 saturated carbocycles. The molecule has 0 aromatic carbocycles. The molecule has 2 fully saturated rings. The Balaban J connectivity index is 2.02. The number of hydrogen-bond donors (Lipinski definition) is 1. The monoisotopic (exact) mass is 289 g/mol. The van der Waals surface area contributed by atoms with E-state index in [9.17, 15) is 0 Å². The van der Waals surface area contributed by atoms with Gasteiger partial charge in [-0.25, -0.2) is 4.98 Å². The molecule has 0 atom stereocenters. The Bertz CT molecular complexity index is 483. The Kier molecular flexibility index (Phi) is 4.02. The van der Waals surface area contributed by atoms with Crippen LogP contribution in [0.3, 0.4) is 0 Å². The van der Waals surface area contributed by atoms with Gasteiger partial charge in [0, 0.05) is 17.4 Å². The zero-order chi connectivity index (χ0) is 15.0. The van der Waals surface area contributed by atoms with Crippen LogP contribution in [0.4, 0.5) is 5.82 Å². The molecule has 0 spiro atoms. The minimum absolute atomic E-state index is 0.0285. The van der Waals surface area contributed by atoms with E-state index in [4.69, 9.17) is 10.7 Å². The number of aromatic nitrogens is 2. The summed E-state index contributed by atoms with van der Waals surface area (Å²) in [7, 11) is 0. The minimum Gasteiger partial charge on any atom is -0.384 e. The van der Waals surface area contributed by atoms with Crippen LogP contribution >= 0.6 is 0 Å². The van der Waals surface area contributed by atoms with E-state index in [-0.39, 0.29) is 5.54 Å². The van der Waals surface area contributed by atoms with Crippen molar-refractivity contribution in [3.8, 4) is 0 Å². The van der Waals surface area contributed by atoms with E-state index in [2.05, 4.69) is 25.3 Å². The molecule has 0 aliphatic heterocycles. The van der Waals surface area contributed by atoms with Crippen molar-refractivity contribution in [1.82, 2.24) is 9.55 Å². The first-order valence-electron chi connectivity index (χ1n) is 8.87. The Morgan fingerprint density at radius 3 is 2.00 bits per heavy atom. The summed E-state index contributed by atoms with van der Waals surface area (Å²) in [5.74, 6) is 3.46. The van der Waals surface area contributed by atoms with Gasteiger partial charge in [-0.05, 0) is 46.5 Å². The number of hydrogen-bond acceptors (Lipinski definition) is 2. The van der Waals surface area contributed by atoms with Gasteiger partial charge in [0.25, 0.3) is 0 Å². The van der Waals surface area contributed by atoms with Crippen LogP contribution in [0.1, 0.15) is 102 Å². The molecule has 1 heterocycles. The smallest absolute Gasteiger partial charge is 0.127 e. The normalized spacial score (nSPS) is 22.0. The van der Waals surface area contributed by atoms with Crippen molar-refractivity contribution in [3.05, 3.63) is 11.5 Å². The van der Waals surface area contributed by atoms with E-state index in [1.54, 1.807) is 0 Å². The maximum atomic E-state index is 6.58. The van der Waals surface area contributed by atoms with Crippen molar-refractivity contribution in [3.63, 3.8) is 0 Å². The highest BCUT2D eigenvalue weighted by atomic mass is 15.2. The average molecular weight is 289 g/mol. The summed E-state index contributed by atoms with van der Waals surface area (Å²) >= 11 is 0. The fourth-order valence-corrected chi connectivity index (χ4v) is 4.31. The summed E-state index contributed by atoms with van der Waals surface area (Å²) in [4.78, 5) is 5.12. The summed E-state index contributed by atoms with van der Waals surface area (Å²) in [6, 6.07) is 0. The molecule has 1 aromatic rings. The Hall–Kier alpha value is -0.990. The molecule has 3 heteroatoms. The van der Waals surface area contributed by atoms with Crippen LogP contribution in [-0.2, 0) is 5.54 Å². The van der Waals surface area contributed by atoms with E-state index in [1.807, 2.05) is 0 Å². The van der Waals surface area contributed by atoms with Crippen molar-refractivity contribution < 1.29 is 0 Å². The van der Waals surface area contributed by atoms with Crippen LogP contribution in [0.5, 0.6) is 0 Å². The molecule has 2 N–H and O–H groups in total. The predicted octanol–water partition coefficient (Wildman–Crippen LogP) is 4.93. The molecule has 3 rings (SSSR count). The van der Waals surface area contributed by atoms with Crippen molar-refractivity contribution in [2.75, 3.05) is 5.73 Å². The van der Waals surface area contributed by atoms with Crippen molar-refractivity contribution >= 4 is 5.82 Å². The summed E-state index contributed by atoms with van der Waals surface area (Å²) in [6.45, 7) is 6.78. The van der Waals surface area contributed by atoms with Crippen LogP contribution in [0.2, 0.25) is 0 Å². The summed E-state index contributed by atoms with van der Waals surface area (Å²) in [6.07, 6.45) is 11.9. The van der Waals surface area contributed by atoms with E-state index in [0.717, 1.165) is 5.82 Å². The van der Waals surface area contributed by atoms with Gasteiger partial charge in [0.15, 0.2) is 0 Å². The topological polar surface area (TPSA) is 43.8 Å². The molecule has 0 amide bonds. The lowest BCUT2D eigenvalue weighted by Gasteiger charge is -2.29. The first-order valence-corrected chi connectivity index (χ1v) is 8.87. The van der Waals surface area contributed by atoms with E-state index in [0.29, 0.717) is 11.8 Å². The second-order valence-electron chi connectivity index (χ2n) is 8.06. The standard InChI is InChI=1S/C18H31N3/c1-18(2,3)21-16(19)15(13-9-7-8-10-13)20-17(21)14-11-5-4-6-12-14/h13-14H,4-12,19H2,1-3H3. The first-order chi connectivity index (χ1) is 9.98. The summed E-state index contributed by atoms with van der Waals surface area (Å²) in [5, 5.41) is 0. The van der Waals surface area contributed by atoms with Gasteiger partial charge < -0.3 is 10.3 Å². The average Bonchev–Trinajstić information content (AvgIpc) is 3.06. The zero-order valence-corrected chi connectivity index (χ0v) is 14.0. The van der Waals surface area contributed by atoms with Gasteiger partial charge in [-0.3, -0.25) is 0 Å². The summed E-state index contributed by atoms with van der Waals surface area (Å²) in [5.41, 5.74) is 7.82. The molecule has 0 unspecified atom stereocenters. The molecular weight excluding hydrogens is 258 g/mol. The largest absolute Gasteiger partial charge is 0.384 e. The molecule has 118 valence electrons. The van der Waals surface area contributed by atoms with Gasteiger partial charge in [-0.2, -0.15) is 0 Å².